The number of pyridine rings is 1. The molecule has 0 aliphatic carbocycles. The number of amides is 1. The first-order valence-corrected chi connectivity index (χ1v) is 10.5. The summed E-state index contributed by atoms with van der Waals surface area (Å²) < 4.78 is 0. The number of carbonyl (C=O) groups excluding carboxylic acids is 2. The second kappa shape index (κ2) is 9.22. The van der Waals surface area contributed by atoms with Crippen LogP contribution in [0.15, 0.2) is 48.3 Å². The minimum Gasteiger partial charge on any atom is -0.507 e. The zero-order chi connectivity index (χ0) is 21.8. The van der Waals surface area contributed by atoms with E-state index < -0.39 is 17.7 Å². The molecule has 1 atom stereocenters. The third-order valence-electron chi connectivity index (χ3n) is 5.92. The van der Waals surface area contributed by atoms with Crippen molar-refractivity contribution in [2.24, 2.45) is 0 Å². The first-order valence-electron chi connectivity index (χ1n) is 10.5. The van der Waals surface area contributed by atoms with Crippen LogP contribution in [0.3, 0.4) is 0 Å². The number of quaternary nitrogens is 1. The molecule has 0 saturated carbocycles. The highest BCUT2D eigenvalue weighted by molar-refractivity contribution is 6.46. The molecule has 1 aromatic heterocycles. The normalized spacial score (nSPS) is 18.4. The molecule has 6 nitrogen and oxygen atoms in total. The monoisotopic (exact) mass is 408 g/mol. The third-order valence-corrected chi connectivity index (χ3v) is 5.92. The van der Waals surface area contributed by atoms with E-state index in [9.17, 15) is 14.7 Å². The van der Waals surface area contributed by atoms with Gasteiger partial charge in [-0.2, -0.15) is 0 Å². The number of hydrogen-bond donors (Lipinski definition) is 2. The van der Waals surface area contributed by atoms with Crippen molar-refractivity contribution in [1.82, 2.24) is 9.88 Å². The van der Waals surface area contributed by atoms with Gasteiger partial charge in [0.25, 0.3) is 11.7 Å². The lowest BCUT2D eigenvalue weighted by Crippen LogP contribution is -3.12. The van der Waals surface area contributed by atoms with Crippen LogP contribution in [0, 0.1) is 13.8 Å². The molecule has 30 heavy (non-hydrogen) atoms. The Balaban J connectivity index is 2.12. The van der Waals surface area contributed by atoms with Gasteiger partial charge >= 0.3 is 0 Å². The first kappa shape index (κ1) is 21.7. The number of nitrogens with one attached hydrogen (secondary N) is 1. The fraction of sp³-hybridized carbons (Fsp3) is 0.375. The van der Waals surface area contributed by atoms with Gasteiger partial charge in [0.15, 0.2) is 0 Å². The Bertz CT molecular complexity index is 965. The van der Waals surface area contributed by atoms with Crippen LogP contribution in [-0.4, -0.2) is 52.9 Å². The second-order valence-electron chi connectivity index (χ2n) is 7.80. The summed E-state index contributed by atoms with van der Waals surface area (Å²) in [5, 5.41) is 11.2. The Hall–Kier alpha value is -2.99. The predicted octanol–water partition coefficient (Wildman–Crippen LogP) is 2.04. The summed E-state index contributed by atoms with van der Waals surface area (Å²) in [5.41, 5.74) is 3.33. The first-order chi connectivity index (χ1) is 14.4. The van der Waals surface area contributed by atoms with Gasteiger partial charge in [-0.05, 0) is 57.0 Å². The lowest BCUT2D eigenvalue weighted by molar-refractivity contribution is -0.895. The number of nitrogens with zero attached hydrogens (tertiary/aromatic N) is 2. The zero-order valence-corrected chi connectivity index (χ0v) is 18.1. The molecule has 1 aliphatic rings. The smallest absolute Gasteiger partial charge is 0.295 e. The summed E-state index contributed by atoms with van der Waals surface area (Å²) in [7, 11) is 0. The average Bonchev–Trinajstić information content (AvgIpc) is 3.01. The number of benzene rings is 1. The molecule has 0 radical (unpaired) electrons. The van der Waals surface area contributed by atoms with Crippen LogP contribution in [0.25, 0.3) is 5.76 Å². The maximum atomic E-state index is 13.1. The second-order valence-corrected chi connectivity index (χ2v) is 7.80. The van der Waals surface area contributed by atoms with E-state index in [2.05, 4.69) is 18.8 Å². The Morgan fingerprint density at radius 2 is 1.77 bits per heavy atom. The fourth-order valence-corrected chi connectivity index (χ4v) is 4.02. The summed E-state index contributed by atoms with van der Waals surface area (Å²) in [5.74, 6) is -1.31. The number of aliphatic hydroxyl groups excluding tert-OH is 1. The van der Waals surface area contributed by atoms with E-state index in [1.807, 2.05) is 32.0 Å². The van der Waals surface area contributed by atoms with E-state index in [-0.39, 0.29) is 11.3 Å². The minimum atomic E-state index is -0.634. The molecule has 1 fully saturated rings. The van der Waals surface area contributed by atoms with Crippen LogP contribution >= 0.6 is 0 Å². The van der Waals surface area contributed by atoms with E-state index in [1.165, 1.54) is 4.90 Å². The van der Waals surface area contributed by atoms with E-state index in [1.54, 1.807) is 29.4 Å². The molecule has 2 N–H and O–H groups in total. The Morgan fingerprint density at radius 1 is 1.10 bits per heavy atom. The standard InChI is InChI=1S/C24H29N3O3/c1-5-26(6-2)13-14-27-21(18-9-11-25-12-10-18)20(23(29)24(27)30)22(28)19-15-16(3)7-8-17(19)4/h7-12,15,21,28H,5-6,13-14H2,1-4H3/p+1/t21-/m1/s1. The molecular weight excluding hydrogens is 378 g/mol. The number of likely N-dealkylation sites (tertiary alicyclic amines) is 1. The number of ketones is 1. The number of hydrogen-bond acceptors (Lipinski definition) is 4. The van der Waals surface area contributed by atoms with Crippen molar-refractivity contribution in [2.75, 3.05) is 26.2 Å². The number of aliphatic hydroxyl groups is 1. The zero-order valence-electron chi connectivity index (χ0n) is 18.1. The van der Waals surface area contributed by atoms with Gasteiger partial charge in [-0.15, -0.1) is 0 Å². The number of aromatic nitrogens is 1. The number of Topliss-reactive ketones (excluding diaryl/α,β-unsaturated/α-hetero) is 1. The highest BCUT2D eigenvalue weighted by atomic mass is 16.3. The number of aryl methyl sites for hydroxylation is 2. The Kier molecular flexibility index (Phi) is 6.67. The van der Waals surface area contributed by atoms with Crippen LogP contribution in [0.1, 0.15) is 42.1 Å². The molecular formula is C24H30N3O3+. The van der Waals surface area contributed by atoms with Gasteiger partial charge < -0.3 is 14.9 Å². The molecule has 1 amide bonds. The summed E-state index contributed by atoms with van der Waals surface area (Å²) >= 11 is 0. The van der Waals surface area contributed by atoms with Gasteiger partial charge in [-0.3, -0.25) is 14.6 Å². The molecule has 1 saturated heterocycles. The third kappa shape index (κ3) is 4.14. The molecule has 0 unspecified atom stereocenters. The van der Waals surface area contributed by atoms with Crippen LogP contribution in [0.5, 0.6) is 0 Å². The summed E-state index contributed by atoms with van der Waals surface area (Å²) in [6.07, 6.45) is 3.28. The molecule has 1 aliphatic heterocycles. The van der Waals surface area contributed by atoms with Crippen molar-refractivity contribution in [2.45, 2.75) is 33.7 Å². The largest absolute Gasteiger partial charge is 0.507 e. The SMILES string of the molecule is CC[NH+](CC)CCN1C(=O)C(=O)C(=C(O)c2cc(C)ccc2C)[C@H]1c1ccncc1. The molecule has 0 spiro atoms. The number of likely N-dealkylation sites (N-methyl/N-ethyl adjacent to an activating group) is 1. The highest BCUT2D eigenvalue weighted by Gasteiger charge is 2.46. The van der Waals surface area contributed by atoms with Gasteiger partial charge in [-0.1, -0.05) is 17.7 Å². The van der Waals surface area contributed by atoms with E-state index in [0.29, 0.717) is 12.1 Å². The number of carbonyl (C=O) groups is 2. The molecule has 0 bridgehead atoms. The van der Waals surface area contributed by atoms with Crippen molar-refractivity contribution in [3.05, 3.63) is 70.6 Å². The quantitative estimate of drug-likeness (QED) is 0.418. The maximum absolute atomic E-state index is 13.1. The van der Waals surface area contributed by atoms with Gasteiger partial charge in [0, 0.05) is 18.0 Å². The topological polar surface area (TPSA) is 74.9 Å². The van der Waals surface area contributed by atoms with Gasteiger partial charge in [0.2, 0.25) is 0 Å². The summed E-state index contributed by atoms with van der Waals surface area (Å²) in [6, 6.07) is 8.68. The maximum Gasteiger partial charge on any atom is 0.295 e. The van der Waals surface area contributed by atoms with Crippen LogP contribution < -0.4 is 4.90 Å². The molecule has 2 aromatic rings. The Morgan fingerprint density at radius 3 is 2.40 bits per heavy atom. The van der Waals surface area contributed by atoms with Crippen LogP contribution in [0.2, 0.25) is 0 Å². The van der Waals surface area contributed by atoms with Crippen molar-refractivity contribution in [1.29, 1.82) is 0 Å². The Labute approximate surface area is 177 Å². The predicted molar refractivity (Wildman–Crippen MR) is 116 cm³/mol. The lowest BCUT2D eigenvalue weighted by atomic mass is 9.94. The van der Waals surface area contributed by atoms with E-state index in [0.717, 1.165) is 36.3 Å². The van der Waals surface area contributed by atoms with Crippen molar-refractivity contribution in [3.8, 4) is 0 Å². The van der Waals surface area contributed by atoms with Gasteiger partial charge in [0.1, 0.15) is 5.76 Å². The van der Waals surface area contributed by atoms with Gasteiger partial charge in [-0.25, -0.2) is 0 Å². The highest BCUT2D eigenvalue weighted by Crippen LogP contribution is 2.39. The van der Waals surface area contributed by atoms with Crippen molar-refractivity contribution >= 4 is 17.4 Å². The molecule has 158 valence electrons. The van der Waals surface area contributed by atoms with Crippen molar-refractivity contribution in [3.63, 3.8) is 0 Å². The number of rotatable bonds is 7. The average molecular weight is 409 g/mol. The summed E-state index contributed by atoms with van der Waals surface area (Å²) in [4.78, 5) is 33.1. The van der Waals surface area contributed by atoms with E-state index in [4.69, 9.17) is 0 Å². The lowest BCUT2D eigenvalue weighted by Gasteiger charge is -2.26. The van der Waals surface area contributed by atoms with Crippen molar-refractivity contribution < 1.29 is 19.6 Å². The minimum absolute atomic E-state index is 0.117. The molecule has 6 heteroatoms. The van der Waals surface area contributed by atoms with Crippen LogP contribution in [0.4, 0.5) is 0 Å². The van der Waals surface area contributed by atoms with E-state index >= 15 is 0 Å². The van der Waals surface area contributed by atoms with Crippen LogP contribution in [-0.2, 0) is 9.59 Å². The molecule has 1 aromatic carbocycles. The summed E-state index contributed by atoms with van der Waals surface area (Å²) in [6.45, 7) is 11.1. The van der Waals surface area contributed by atoms with Gasteiger partial charge in [0.05, 0.1) is 37.8 Å². The fourth-order valence-electron chi connectivity index (χ4n) is 4.02. The molecule has 2 heterocycles. The molecule has 3 rings (SSSR count).